The molecule has 1 aliphatic carbocycles. The molecule has 2 N–H and O–H groups in total. The van der Waals surface area contributed by atoms with Gasteiger partial charge in [0.25, 0.3) is 0 Å². The molecule has 0 heterocycles. The molecule has 15 heavy (non-hydrogen) atoms. The predicted molar refractivity (Wildman–Crippen MR) is 61.0 cm³/mol. The number of rotatable bonds is 4. The van der Waals surface area contributed by atoms with E-state index in [1.54, 1.807) is 0 Å². The van der Waals surface area contributed by atoms with Crippen molar-refractivity contribution >= 4 is 5.78 Å². The van der Waals surface area contributed by atoms with Gasteiger partial charge >= 0.3 is 0 Å². The summed E-state index contributed by atoms with van der Waals surface area (Å²) in [4.78, 5) is 11.4. The molecular formula is C13H17NO. The average Bonchev–Trinajstić information content (AvgIpc) is 3.09. The summed E-state index contributed by atoms with van der Waals surface area (Å²) in [5, 5.41) is 0. The van der Waals surface area contributed by atoms with Crippen LogP contribution < -0.4 is 5.73 Å². The van der Waals surface area contributed by atoms with Gasteiger partial charge in [-0.2, -0.15) is 0 Å². The molecule has 0 amide bonds. The molecule has 80 valence electrons. The van der Waals surface area contributed by atoms with E-state index in [1.807, 2.05) is 19.1 Å². The van der Waals surface area contributed by atoms with E-state index in [-0.39, 0.29) is 11.2 Å². The van der Waals surface area contributed by atoms with E-state index >= 15 is 0 Å². The fourth-order valence-electron chi connectivity index (χ4n) is 1.98. The molecular weight excluding hydrogens is 186 g/mol. The fraction of sp³-hybridized carbons (Fsp3) is 0.462. The van der Waals surface area contributed by atoms with E-state index in [2.05, 4.69) is 12.1 Å². The van der Waals surface area contributed by atoms with Crippen LogP contribution in [0.25, 0.3) is 0 Å². The minimum atomic E-state index is 0.208. The van der Waals surface area contributed by atoms with Gasteiger partial charge in [0.05, 0.1) is 0 Å². The van der Waals surface area contributed by atoms with Crippen LogP contribution in [0.3, 0.4) is 0 Å². The van der Waals surface area contributed by atoms with Crippen molar-refractivity contribution in [2.75, 3.05) is 6.54 Å². The molecule has 0 unspecified atom stereocenters. The summed E-state index contributed by atoms with van der Waals surface area (Å²) in [6.07, 6.45) is 2.94. The monoisotopic (exact) mass is 203 g/mol. The Morgan fingerprint density at radius 2 is 1.93 bits per heavy atom. The molecule has 2 nitrogen and oxygen atoms in total. The second-order valence-corrected chi connectivity index (χ2v) is 4.34. The van der Waals surface area contributed by atoms with Crippen molar-refractivity contribution in [1.82, 2.24) is 0 Å². The summed E-state index contributed by atoms with van der Waals surface area (Å²) >= 11 is 0. The zero-order valence-electron chi connectivity index (χ0n) is 9.12. The van der Waals surface area contributed by atoms with Gasteiger partial charge < -0.3 is 5.73 Å². The summed E-state index contributed by atoms with van der Waals surface area (Å²) in [5.41, 5.74) is 8.09. The molecule has 1 fully saturated rings. The Labute approximate surface area is 90.5 Å². The standard InChI is InChI=1S/C13H17NO/c1-2-12(15)10-3-5-11(6-4-10)13(9-14)7-8-13/h3-6H,2,7-9,14H2,1H3. The number of carbonyl (C=O) groups excluding carboxylic acids is 1. The van der Waals surface area contributed by atoms with Crippen molar-refractivity contribution in [2.45, 2.75) is 31.6 Å². The van der Waals surface area contributed by atoms with Crippen LogP contribution in [-0.4, -0.2) is 12.3 Å². The quantitative estimate of drug-likeness (QED) is 0.763. The third-order valence-corrected chi connectivity index (χ3v) is 3.38. The third-order valence-electron chi connectivity index (χ3n) is 3.38. The first-order chi connectivity index (χ1) is 7.22. The zero-order valence-corrected chi connectivity index (χ0v) is 9.12. The summed E-state index contributed by atoms with van der Waals surface area (Å²) in [5.74, 6) is 0.208. The predicted octanol–water partition coefficient (Wildman–Crippen LogP) is 2.27. The van der Waals surface area contributed by atoms with Crippen molar-refractivity contribution in [2.24, 2.45) is 5.73 Å². The van der Waals surface area contributed by atoms with Crippen LogP contribution in [0.1, 0.15) is 42.1 Å². The van der Waals surface area contributed by atoms with Crippen LogP contribution in [-0.2, 0) is 5.41 Å². The van der Waals surface area contributed by atoms with E-state index in [9.17, 15) is 4.79 Å². The number of hydrogen-bond acceptors (Lipinski definition) is 2. The molecule has 1 aliphatic rings. The van der Waals surface area contributed by atoms with Gasteiger partial charge in [0.1, 0.15) is 0 Å². The molecule has 1 saturated carbocycles. The van der Waals surface area contributed by atoms with Crippen molar-refractivity contribution in [3.05, 3.63) is 35.4 Å². The first-order valence-electron chi connectivity index (χ1n) is 5.56. The Hall–Kier alpha value is -1.15. The van der Waals surface area contributed by atoms with Crippen molar-refractivity contribution in [1.29, 1.82) is 0 Å². The van der Waals surface area contributed by atoms with Gasteiger partial charge in [0, 0.05) is 23.9 Å². The Balaban J connectivity index is 2.21. The topological polar surface area (TPSA) is 43.1 Å². The van der Waals surface area contributed by atoms with Crippen molar-refractivity contribution in [3.63, 3.8) is 0 Å². The van der Waals surface area contributed by atoms with E-state index in [1.165, 1.54) is 18.4 Å². The maximum atomic E-state index is 11.4. The van der Waals surface area contributed by atoms with Gasteiger partial charge in [-0.15, -0.1) is 0 Å². The first-order valence-corrected chi connectivity index (χ1v) is 5.56. The molecule has 2 rings (SSSR count). The number of carbonyl (C=O) groups is 1. The first kappa shape index (κ1) is 10.4. The number of benzene rings is 1. The Bertz CT molecular complexity index is 363. The smallest absolute Gasteiger partial charge is 0.162 e. The Morgan fingerprint density at radius 1 is 1.33 bits per heavy atom. The van der Waals surface area contributed by atoms with Gasteiger partial charge in [-0.3, -0.25) is 4.79 Å². The van der Waals surface area contributed by atoms with Gasteiger partial charge in [-0.25, -0.2) is 0 Å². The summed E-state index contributed by atoms with van der Waals surface area (Å²) in [7, 11) is 0. The van der Waals surface area contributed by atoms with Crippen molar-refractivity contribution in [3.8, 4) is 0 Å². The van der Waals surface area contributed by atoms with Gasteiger partial charge in [0.2, 0.25) is 0 Å². The zero-order chi connectivity index (χ0) is 10.9. The molecule has 0 bridgehead atoms. The molecule has 0 spiro atoms. The van der Waals surface area contributed by atoms with Crippen LogP contribution in [0.5, 0.6) is 0 Å². The van der Waals surface area contributed by atoms with E-state index in [4.69, 9.17) is 5.73 Å². The maximum absolute atomic E-state index is 11.4. The SMILES string of the molecule is CCC(=O)c1ccc(C2(CN)CC2)cc1. The summed E-state index contributed by atoms with van der Waals surface area (Å²) < 4.78 is 0. The fourth-order valence-corrected chi connectivity index (χ4v) is 1.98. The molecule has 1 aromatic rings. The average molecular weight is 203 g/mol. The largest absolute Gasteiger partial charge is 0.330 e. The Morgan fingerprint density at radius 3 is 2.33 bits per heavy atom. The highest BCUT2D eigenvalue weighted by atomic mass is 16.1. The van der Waals surface area contributed by atoms with Gasteiger partial charge in [-0.05, 0) is 18.4 Å². The van der Waals surface area contributed by atoms with Crippen LogP contribution in [0.4, 0.5) is 0 Å². The number of hydrogen-bond donors (Lipinski definition) is 1. The molecule has 0 aliphatic heterocycles. The van der Waals surface area contributed by atoms with E-state index in [0.717, 1.165) is 5.56 Å². The Kier molecular flexibility index (Phi) is 2.61. The highest BCUT2D eigenvalue weighted by Gasteiger charge is 2.42. The molecule has 0 aromatic heterocycles. The van der Waals surface area contributed by atoms with Crippen LogP contribution in [0.15, 0.2) is 24.3 Å². The third kappa shape index (κ3) is 1.82. The summed E-state index contributed by atoms with van der Waals surface area (Å²) in [6.45, 7) is 2.60. The molecule has 1 aromatic carbocycles. The minimum absolute atomic E-state index is 0.208. The normalized spacial score (nSPS) is 17.5. The highest BCUT2D eigenvalue weighted by Crippen LogP contribution is 2.47. The highest BCUT2D eigenvalue weighted by molar-refractivity contribution is 5.95. The molecule has 0 saturated heterocycles. The minimum Gasteiger partial charge on any atom is -0.330 e. The molecule has 0 radical (unpaired) electrons. The number of Topliss-reactive ketones (excluding diaryl/α,β-unsaturated/α-hetero) is 1. The summed E-state index contributed by atoms with van der Waals surface area (Å²) in [6, 6.07) is 7.97. The van der Waals surface area contributed by atoms with Gasteiger partial charge in [-0.1, -0.05) is 31.2 Å². The van der Waals surface area contributed by atoms with Crippen LogP contribution in [0, 0.1) is 0 Å². The lowest BCUT2D eigenvalue weighted by molar-refractivity contribution is 0.0988. The maximum Gasteiger partial charge on any atom is 0.162 e. The van der Waals surface area contributed by atoms with E-state index in [0.29, 0.717) is 13.0 Å². The second kappa shape index (κ2) is 3.78. The lowest BCUT2D eigenvalue weighted by Crippen LogP contribution is -2.19. The van der Waals surface area contributed by atoms with Crippen LogP contribution >= 0.6 is 0 Å². The van der Waals surface area contributed by atoms with Gasteiger partial charge in [0.15, 0.2) is 5.78 Å². The number of ketones is 1. The van der Waals surface area contributed by atoms with Crippen molar-refractivity contribution < 1.29 is 4.79 Å². The molecule has 2 heteroatoms. The molecule has 0 atom stereocenters. The van der Waals surface area contributed by atoms with E-state index < -0.39 is 0 Å². The second-order valence-electron chi connectivity index (χ2n) is 4.34. The van der Waals surface area contributed by atoms with Crippen LogP contribution in [0.2, 0.25) is 0 Å². The lowest BCUT2D eigenvalue weighted by atomic mass is 9.94. The lowest BCUT2D eigenvalue weighted by Gasteiger charge is -2.12. The number of nitrogens with two attached hydrogens (primary N) is 1.